The van der Waals surface area contributed by atoms with Gasteiger partial charge in [0.2, 0.25) is 0 Å². The Bertz CT molecular complexity index is 543. The minimum absolute atomic E-state index is 0.203. The Morgan fingerprint density at radius 2 is 1.88 bits per heavy atom. The lowest BCUT2D eigenvalue weighted by molar-refractivity contribution is -0.137. The van der Waals surface area contributed by atoms with Gasteiger partial charge in [0.05, 0.1) is 11.3 Å². The monoisotopic (exact) mass is 335 g/mol. The molecule has 1 rings (SSSR count). The average molecular weight is 336 g/mol. The highest BCUT2D eigenvalue weighted by atomic mass is 79.9. The van der Waals surface area contributed by atoms with Gasteiger partial charge >= 0.3 is 16.6 Å². The number of rotatable bonds is 2. The van der Waals surface area contributed by atoms with E-state index in [1.807, 2.05) is 0 Å². The van der Waals surface area contributed by atoms with Crippen molar-refractivity contribution in [1.29, 1.82) is 0 Å². The van der Waals surface area contributed by atoms with Crippen molar-refractivity contribution in [3.63, 3.8) is 0 Å². The first-order valence-electron chi connectivity index (χ1n) is 3.84. The highest BCUT2D eigenvalue weighted by Crippen LogP contribution is 2.38. The Labute approximate surface area is 102 Å². The second-order valence-electron chi connectivity index (χ2n) is 2.88. The highest BCUT2D eigenvalue weighted by molar-refractivity contribution is 9.10. The van der Waals surface area contributed by atoms with Gasteiger partial charge in [-0.2, -0.15) is 21.6 Å². The molecule has 0 aliphatic rings. The summed E-state index contributed by atoms with van der Waals surface area (Å²) in [5.74, 6) is -0.811. The molecule has 0 bridgehead atoms. The van der Waals surface area contributed by atoms with E-state index >= 15 is 0 Å². The van der Waals surface area contributed by atoms with Crippen LogP contribution in [0.1, 0.15) is 5.56 Å². The third kappa shape index (κ3) is 3.75. The van der Waals surface area contributed by atoms with Crippen LogP contribution in [0.15, 0.2) is 16.6 Å². The molecule has 0 aliphatic carbocycles. The fourth-order valence-corrected chi connectivity index (χ4v) is 1.75. The third-order valence-electron chi connectivity index (χ3n) is 1.61. The minimum Gasteiger partial charge on any atom is -0.395 e. The van der Waals surface area contributed by atoms with Crippen molar-refractivity contribution in [1.82, 2.24) is 0 Å². The van der Waals surface area contributed by atoms with Crippen LogP contribution in [0.3, 0.4) is 0 Å². The second kappa shape index (κ2) is 4.35. The first kappa shape index (κ1) is 14.1. The van der Waals surface area contributed by atoms with Crippen LogP contribution in [0.5, 0.6) is 5.75 Å². The first-order valence-corrected chi connectivity index (χ1v) is 5.99. The average Bonchev–Trinajstić information content (AvgIpc) is 2.08. The molecule has 10 heteroatoms. The van der Waals surface area contributed by atoms with E-state index in [1.165, 1.54) is 0 Å². The minimum atomic E-state index is -4.95. The van der Waals surface area contributed by atoms with E-state index in [2.05, 4.69) is 20.1 Å². The van der Waals surface area contributed by atoms with Gasteiger partial charge in [-0.15, -0.1) is 0 Å². The lowest BCUT2D eigenvalue weighted by atomic mass is 10.2. The number of benzene rings is 1. The lowest BCUT2D eigenvalue weighted by Crippen LogP contribution is -2.11. The van der Waals surface area contributed by atoms with E-state index in [4.69, 9.17) is 10.3 Å². The Morgan fingerprint density at radius 3 is 2.29 bits per heavy atom. The van der Waals surface area contributed by atoms with Crippen LogP contribution in [-0.2, 0) is 16.6 Å². The SMILES string of the molecule is Nc1c(Br)cc(C(F)(F)F)cc1OS(=O)(=O)O. The molecular weight excluding hydrogens is 331 g/mol. The molecule has 5 nitrogen and oxygen atoms in total. The summed E-state index contributed by atoms with van der Waals surface area (Å²) >= 11 is 2.72. The Hall–Kier alpha value is -1.00. The Morgan fingerprint density at radius 1 is 1.35 bits per heavy atom. The summed E-state index contributed by atoms with van der Waals surface area (Å²) in [6, 6.07) is 1.03. The summed E-state index contributed by atoms with van der Waals surface area (Å²) in [4.78, 5) is 0. The molecule has 0 saturated heterocycles. The van der Waals surface area contributed by atoms with Crippen molar-refractivity contribution in [2.45, 2.75) is 6.18 Å². The molecule has 0 radical (unpaired) electrons. The summed E-state index contributed by atoms with van der Waals surface area (Å²) in [7, 11) is -4.95. The number of hydrogen-bond acceptors (Lipinski definition) is 4. The van der Waals surface area contributed by atoms with E-state index in [0.29, 0.717) is 12.1 Å². The molecule has 96 valence electrons. The summed E-state index contributed by atoms with van der Waals surface area (Å²) in [6.07, 6.45) is -4.70. The zero-order valence-corrected chi connectivity index (χ0v) is 10.2. The molecule has 3 N–H and O–H groups in total. The fraction of sp³-hybridized carbons (Fsp3) is 0.143. The van der Waals surface area contributed by atoms with Crippen molar-refractivity contribution in [3.05, 3.63) is 22.2 Å². The molecular formula is C7H5BrF3NO4S. The summed E-state index contributed by atoms with van der Waals surface area (Å²) in [6.45, 7) is 0. The smallest absolute Gasteiger partial charge is 0.395 e. The molecule has 0 amide bonds. The standard InChI is InChI=1S/C7H5BrF3NO4S/c8-4-1-3(7(9,10)11)2-5(6(4)12)16-17(13,14)15/h1-2H,12H2,(H,13,14,15). The maximum Gasteiger partial charge on any atom is 0.446 e. The highest BCUT2D eigenvalue weighted by Gasteiger charge is 2.32. The molecule has 0 saturated carbocycles. The van der Waals surface area contributed by atoms with Gasteiger partial charge in [-0.05, 0) is 28.1 Å². The molecule has 0 aromatic heterocycles. The molecule has 0 unspecified atom stereocenters. The first-order chi connectivity index (χ1) is 7.50. The van der Waals surface area contributed by atoms with E-state index in [0.717, 1.165) is 0 Å². The number of nitrogens with two attached hydrogens (primary N) is 1. The van der Waals surface area contributed by atoms with Crippen LogP contribution in [0.2, 0.25) is 0 Å². The van der Waals surface area contributed by atoms with Crippen LogP contribution in [0.4, 0.5) is 18.9 Å². The Balaban J connectivity index is 3.36. The van der Waals surface area contributed by atoms with Gasteiger partial charge in [0.1, 0.15) is 0 Å². The van der Waals surface area contributed by atoms with Crippen molar-refractivity contribution >= 4 is 32.0 Å². The largest absolute Gasteiger partial charge is 0.446 e. The van der Waals surface area contributed by atoms with Crippen LogP contribution in [-0.4, -0.2) is 13.0 Å². The number of anilines is 1. The fourth-order valence-electron chi connectivity index (χ4n) is 0.939. The van der Waals surface area contributed by atoms with E-state index in [1.54, 1.807) is 0 Å². The van der Waals surface area contributed by atoms with Crippen molar-refractivity contribution in [2.24, 2.45) is 0 Å². The number of halogens is 4. The number of alkyl halides is 3. The van der Waals surface area contributed by atoms with Crippen LogP contribution in [0.25, 0.3) is 0 Å². The quantitative estimate of drug-likeness (QED) is 0.639. The molecule has 0 aliphatic heterocycles. The zero-order chi connectivity index (χ0) is 13.4. The Kier molecular flexibility index (Phi) is 3.60. The number of hydrogen-bond donors (Lipinski definition) is 2. The maximum absolute atomic E-state index is 12.4. The van der Waals surface area contributed by atoms with Gasteiger partial charge in [-0.1, -0.05) is 0 Å². The molecule has 0 fully saturated rings. The molecule has 0 atom stereocenters. The molecule has 1 aromatic carbocycles. The van der Waals surface area contributed by atoms with Crippen molar-refractivity contribution in [2.75, 3.05) is 5.73 Å². The van der Waals surface area contributed by atoms with Gasteiger partial charge in [-0.3, -0.25) is 4.55 Å². The molecule has 0 spiro atoms. The summed E-state index contributed by atoms with van der Waals surface area (Å²) in [5.41, 5.74) is 3.74. The normalized spacial score (nSPS) is 12.5. The molecule has 17 heavy (non-hydrogen) atoms. The van der Waals surface area contributed by atoms with Gasteiger partial charge in [0.15, 0.2) is 5.75 Å². The maximum atomic E-state index is 12.4. The summed E-state index contributed by atoms with van der Waals surface area (Å²) < 4.78 is 70.1. The van der Waals surface area contributed by atoms with E-state index in [9.17, 15) is 21.6 Å². The van der Waals surface area contributed by atoms with Crippen LogP contribution < -0.4 is 9.92 Å². The molecule has 0 heterocycles. The van der Waals surface area contributed by atoms with Crippen LogP contribution in [0, 0.1) is 0 Å². The second-order valence-corrected chi connectivity index (χ2v) is 4.76. The van der Waals surface area contributed by atoms with Crippen LogP contribution >= 0.6 is 15.9 Å². The zero-order valence-electron chi connectivity index (χ0n) is 7.82. The predicted octanol–water partition coefficient (Wildman–Crippen LogP) is 2.23. The van der Waals surface area contributed by atoms with Crippen molar-refractivity contribution < 1.29 is 30.3 Å². The van der Waals surface area contributed by atoms with Gasteiger partial charge in [0, 0.05) is 4.47 Å². The van der Waals surface area contributed by atoms with Gasteiger partial charge in [-0.25, -0.2) is 0 Å². The van der Waals surface area contributed by atoms with Gasteiger partial charge in [0.25, 0.3) is 0 Å². The van der Waals surface area contributed by atoms with E-state index < -0.39 is 27.9 Å². The lowest BCUT2D eigenvalue weighted by Gasteiger charge is -2.12. The predicted molar refractivity (Wildman–Crippen MR) is 55.7 cm³/mol. The van der Waals surface area contributed by atoms with E-state index in [-0.39, 0.29) is 10.2 Å². The topological polar surface area (TPSA) is 89.6 Å². The van der Waals surface area contributed by atoms with Gasteiger partial charge < -0.3 is 9.92 Å². The summed E-state index contributed by atoms with van der Waals surface area (Å²) in [5, 5.41) is 0. The van der Waals surface area contributed by atoms with Crippen molar-refractivity contribution in [3.8, 4) is 5.75 Å². The third-order valence-corrected chi connectivity index (χ3v) is 2.66. The number of nitrogen functional groups attached to an aromatic ring is 1. The molecule has 1 aromatic rings.